The Morgan fingerprint density at radius 1 is 1.53 bits per heavy atom. The average Bonchev–Trinajstić information content (AvgIpc) is 2.36. The molecule has 17 heavy (non-hydrogen) atoms. The third-order valence-corrected chi connectivity index (χ3v) is 2.28. The summed E-state index contributed by atoms with van der Waals surface area (Å²) in [4.78, 5) is 21.1. The Labute approximate surface area is 101 Å². The van der Waals surface area contributed by atoms with E-state index < -0.39 is 0 Å². The number of ether oxygens (including phenoxy) is 1. The van der Waals surface area contributed by atoms with Crippen LogP contribution < -0.4 is 10.2 Å². The maximum absolute atomic E-state index is 11.0. The molecule has 0 fully saturated rings. The predicted molar refractivity (Wildman–Crippen MR) is 66.1 cm³/mol. The summed E-state index contributed by atoms with van der Waals surface area (Å²) in [5.41, 5.74) is 0. The van der Waals surface area contributed by atoms with E-state index in [9.17, 15) is 4.79 Å². The Balaban J connectivity index is 2.58. The van der Waals surface area contributed by atoms with Gasteiger partial charge in [-0.15, -0.1) is 0 Å². The van der Waals surface area contributed by atoms with Crippen LogP contribution in [0.3, 0.4) is 0 Å². The summed E-state index contributed by atoms with van der Waals surface area (Å²) in [5.74, 6) is 1.33. The van der Waals surface area contributed by atoms with Crippen LogP contribution in [0.2, 0.25) is 0 Å². The number of methoxy groups -OCH3 is 1. The number of carbonyl (C=O) groups excluding carboxylic acids is 1. The molecule has 0 unspecified atom stereocenters. The van der Waals surface area contributed by atoms with Crippen molar-refractivity contribution in [2.24, 2.45) is 0 Å². The van der Waals surface area contributed by atoms with Crippen LogP contribution in [-0.2, 0) is 9.53 Å². The third-order valence-electron chi connectivity index (χ3n) is 2.28. The second-order valence-corrected chi connectivity index (χ2v) is 3.54. The van der Waals surface area contributed by atoms with Crippen LogP contribution in [0, 0.1) is 0 Å². The predicted octanol–water partition coefficient (Wildman–Crippen LogP) is 0.908. The standard InChI is InChI=1S/C11H18N4O2/c1-4-12-9-7-10(14-8-13-9)15(2)6-5-11(16)17-3/h7-8H,4-6H2,1-3H3,(H,12,13,14). The first-order valence-electron chi connectivity index (χ1n) is 5.51. The maximum Gasteiger partial charge on any atom is 0.307 e. The first-order valence-corrected chi connectivity index (χ1v) is 5.51. The number of carbonyl (C=O) groups is 1. The molecule has 1 rings (SSSR count). The Bertz CT molecular complexity index is 370. The van der Waals surface area contributed by atoms with Crippen LogP contribution in [0.15, 0.2) is 12.4 Å². The zero-order valence-electron chi connectivity index (χ0n) is 10.4. The molecule has 0 aliphatic rings. The molecule has 94 valence electrons. The Hall–Kier alpha value is -1.85. The second-order valence-electron chi connectivity index (χ2n) is 3.54. The van der Waals surface area contributed by atoms with Crippen molar-refractivity contribution in [1.29, 1.82) is 0 Å². The lowest BCUT2D eigenvalue weighted by Crippen LogP contribution is -2.22. The maximum atomic E-state index is 11.0. The van der Waals surface area contributed by atoms with E-state index in [2.05, 4.69) is 20.0 Å². The minimum absolute atomic E-state index is 0.224. The van der Waals surface area contributed by atoms with Crippen molar-refractivity contribution in [1.82, 2.24) is 9.97 Å². The minimum Gasteiger partial charge on any atom is -0.469 e. The number of hydrogen-bond donors (Lipinski definition) is 1. The summed E-state index contributed by atoms with van der Waals surface area (Å²) < 4.78 is 4.59. The molecular formula is C11H18N4O2. The number of anilines is 2. The number of nitrogens with zero attached hydrogens (tertiary/aromatic N) is 3. The van der Waals surface area contributed by atoms with E-state index >= 15 is 0 Å². The molecule has 1 heterocycles. The third kappa shape index (κ3) is 4.26. The van der Waals surface area contributed by atoms with Crippen molar-refractivity contribution in [3.05, 3.63) is 12.4 Å². The molecule has 1 aromatic heterocycles. The summed E-state index contributed by atoms with van der Waals surface area (Å²) in [6.07, 6.45) is 1.84. The Morgan fingerprint density at radius 3 is 2.94 bits per heavy atom. The zero-order valence-corrected chi connectivity index (χ0v) is 10.4. The van der Waals surface area contributed by atoms with Crippen molar-refractivity contribution in [2.45, 2.75) is 13.3 Å². The summed E-state index contributed by atoms with van der Waals surface area (Å²) >= 11 is 0. The van der Waals surface area contributed by atoms with Crippen LogP contribution in [0.25, 0.3) is 0 Å². The number of hydrogen-bond acceptors (Lipinski definition) is 6. The zero-order chi connectivity index (χ0) is 12.7. The van der Waals surface area contributed by atoms with Crippen LogP contribution in [0.1, 0.15) is 13.3 Å². The van der Waals surface area contributed by atoms with Crippen LogP contribution in [0.5, 0.6) is 0 Å². The lowest BCUT2D eigenvalue weighted by atomic mass is 10.4. The lowest BCUT2D eigenvalue weighted by Gasteiger charge is -2.17. The molecule has 0 saturated carbocycles. The van der Waals surface area contributed by atoms with Gasteiger partial charge in [0.15, 0.2) is 0 Å². The second kappa shape index (κ2) is 6.67. The van der Waals surface area contributed by atoms with E-state index in [4.69, 9.17) is 0 Å². The van der Waals surface area contributed by atoms with Gasteiger partial charge in [0.05, 0.1) is 13.5 Å². The molecule has 0 aliphatic heterocycles. The van der Waals surface area contributed by atoms with Crippen LogP contribution >= 0.6 is 0 Å². The molecule has 0 radical (unpaired) electrons. The highest BCUT2D eigenvalue weighted by Gasteiger charge is 2.07. The van der Waals surface area contributed by atoms with Gasteiger partial charge in [-0.3, -0.25) is 4.79 Å². The topological polar surface area (TPSA) is 67.4 Å². The lowest BCUT2D eigenvalue weighted by molar-refractivity contribution is -0.140. The van der Waals surface area contributed by atoms with Gasteiger partial charge in [-0.05, 0) is 6.92 Å². The minimum atomic E-state index is -0.224. The smallest absolute Gasteiger partial charge is 0.307 e. The van der Waals surface area contributed by atoms with E-state index in [0.717, 1.165) is 18.2 Å². The summed E-state index contributed by atoms with van der Waals surface area (Å²) in [6, 6.07) is 1.85. The molecule has 0 atom stereocenters. The Morgan fingerprint density at radius 2 is 2.29 bits per heavy atom. The molecule has 0 aliphatic carbocycles. The first-order chi connectivity index (χ1) is 8.17. The summed E-state index contributed by atoms with van der Waals surface area (Å²) in [7, 11) is 3.26. The quantitative estimate of drug-likeness (QED) is 0.743. The number of nitrogens with one attached hydrogen (secondary N) is 1. The number of rotatable bonds is 6. The Kier molecular flexibility index (Phi) is 5.19. The van der Waals surface area contributed by atoms with E-state index in [0.29, 0.717) is 13.0 Å². The van der Waals surface area contributed by atoms with Crippen molar-refractivity contribution in [3.63, 3.8) is 0 Å². The largest absolute Gasteiger partial charge is 0.469 e. The molecule has 0 amide bonds. The van der Waals surface area contributed by atoms with Crippen LogP contribution in [-0.4, -0.2) is 43.2 Å². The van der Waals surface area contributed by atoms with Gasteiger partial charge >= 0.3 is 5.97 Å². The molecule has 0 bridgehead atoms. The summed E-state index contributed by atoms with van der Waals surface area (Å²) in [6.45, 7) is 3.38. The van der Waals surface area contributed by atoms with E-state index in [-0.39, 0.29) is 5.97 Å². The number of aromatic nitrogens is 2. The van der Waals surface area contributed by atoms with Gasteiger partial charge in [-0.2, -0.15) is 0 Å². The van der Waals surface area contributed by atoms with Gasteiger partial charge in [0.2, 0.25) is 0 Å². The normalized spacial score (nSPS) is 9.82. The van der Waals surface area contributed by atoms with Crippen molar-refractivity contribution in [3.8, 4) is 0 Å². The molecule has 0 spiro atoms. The SMILES string of the molecule is CCNc1cc(N(C)CCC(=O)OC)ncn1. The van der Waals surface area contributed by atoms with Gasteiger partial charge in [0.1, 0.15) is 18.0 Å². The monoisotopic (exact) mass is 238 g/mol. The highest BCUT2D eigenvalue weighted by atomic mass is 16.5. The fourth-order valence-electron chi connectivity index (χ4n) is 1.31. The molecule has 6 heteroatoms. The molecule has 1 aromatic rings. The summed E-state index contributed by atoms with van der Waals surface area (Å²) in [5, 5.41) is 3.11. The van der Waals surface area contributed by atoms with Gasteiger partial charge in [-0.1, -0.05) is 0 Å². The van der Waals surface area contributed by atoms with Crippen molar-refractivity contribution >= 4 is 17.6 Å². The number of esters is 1. The molecule has 6 nitrogen and oxygen atoms in total. The van der Waals surface area contributed by atoms with E-state index in [1.165, 1.54) is 13.4 Å². The fraction of sp³-hybridized carbons (Fsp3) is 0.545. The fourth-order valence-corrected chi connectivity index (χ4v) is 1.31. The van der Waals surface area contributed by atoms with Crippen LogP contribution in [0.4, 0.5) is 11.6 Å². The first kappa shape index (κ1) is 13.2. The molecular weight excluding hydrogens is 220 g/mol. The van der Waals surface area contributed by atoms with Crippen molar-refractivity contribution < 1.29 is 9.53 Å². The molecule has 1 N–H and O–H groups in total. The van der Waals surface area contributed by atoms with Gasteiger partial charge < -0.3 is 15.0 Å². The van der Waals surface area contributed by atoms with Gasteiger partial charge in [0.25, 0.3) is 0 Å². The van der Waals surface area contributed by atoms with Crippen molar-refractivity contribution in [2.75, 3.05) is 37.5 Å². The van der Waals surface area contributed by atoms with E-state index in [1.54, 1.807) is 0 Å². The average molecular weight is 238 g/mol. The highest BCUT2D eigenvalue weighted by molar-refractivity contribution is 5.69. The molecule has 0 saturated heterocycles. The van der Waals surface area contributed by atoms with Gasteiger partial charge in [-0.25, -0.2) is 9.97 Å². The van der Waals surface area contributed by atoms with Gasteiger partial charge in [0, 0.05) is 26.2 Å². The highest BCUT2D eigenvalue weighted by Crippen LogP contribution is 2.12. The molecule has 0 aromatic carbocycles. The van der Waals surface area contributed by atoms with E-state index in [1.807, 2.05) is 24.9 Å².